The van der Waals surface area contributed by atoms with Gasteiger partial charge in [0.2, 0.25) is 0 Å². The van der Waals surface area contributed by atoms with E-state index in [9.17, 15) is 8.42 Å². The van der Waals surface area contributed by atoms with Crippen LogP contribution in [-0.2, 0) is 9.84 Å². The van der Waals surface area contributed by atoms with E-state index in [0.29, 0.717) is 0 Å². The van der Waals surface area contributed by atoms with Crippen LogP contribution in [0.15, 0.2) is 0 Å². The Bertz CT molecular complexity index is 189. The van der Waals surface area contributed by atoms with Gasteiger partial charge in [-0.1, -0.05) is 0 Å². The predicted octanol–water partition coefficient (Wildman–Crippen LogP) is 1.36. The Morgan fingerprint density at radius 1 is 0.857 bits per heavy atom. The van der Waals surface area contributed by atoms with Crippen LogP contribution in [0.3, 0.4) is 0 Å². The number of rotatable bonds is 0. The third kappa shape index (κ3) is 13700. The van der Waals surface area contributed by atoms with E-state index < -0.39 is 9.84 Å². The molecule has 0 N–H and O–H groups in total. The molecule has 0 aliphatic heterocycles. The highest BCUT2D eigenvalue weighted by Gasteiger charge is 2.03. The lowest BCUT2D eigenvalue weighted by Gasteiger charge is -1.97. The zero-order valence-corrected chi connectivity index (χ0v) is 12.8. The minimum Gasteiger partial charge on any atom is -0.312 e. The second-order valence-corrected chi connectivity index (χ2v) is 12.8. The van der Waals surface area contributed by atoms with Gasteiger partial charge in [-0.05, 0) is 21.1 Å². The highest BCUT2D eigenvalue weighted by Crippen LogP contribution is 2.40. The van der Waals surface area contributed by atoms with Crippen molar-refractivity contribution in [3.05, 3.63) is 0 Å². The maximum Gasteiger partial charge on any atom is 0.144 e. The Morgan fingerprint density at radius 3 is 0.857 bits per heavy atom. The van der Waals surface area contributed by atoms with Crippen LogP contribution >= 0.6 is 7.26 Å². The zero-order chi connectivity index (χ0) is 12.6. The van der Waals surface area contributed by atoms with Gasteiger partial charge in [0, 0.05) is 46.4 Å². The summed E-state index contributed by atoms with van der Waals surface area (Å²) in [4.78, 5) is 2.00. The number of nitrogens with zero attached hydrogens (tertiary/aromatic N) is 1. The normalized spacial score (nSPS) is 11.0. The second-order valence-electron chi connectivity index (χ2n) is 5.17. The van der Waals surface area contributed by atoms with E-state index in [1.807, 2.05) is 26.0 Å². The molecular formula is C9H27NO2PS+. The number of hydrogen-bond donors (Lipinski definition) is 0. The van der Waals surface area contributed by atoms with E-state index in [4.69, 9.17) is 0 Å². The zero-order valence-electron chi connectivity index (χ0n) is 11.1. The molecular weight excluding hydrogens is 217 g/mol. The number of sulfone groups is 1. The molecule has 14 heavy (non-hydrogen) atoms. The van der Waals surface area contributed by atoms with Crippen LogP contribution in [0.1, 0.15) is 0 Å². The third-order valence-electron chi connectivity index (χ3n) is 0. The molecule has 90 valence electrons. The van der Waals surface area contributed by atoms with Crippen LogP contribution in [0, 0.1) is 0 Å². The molecule has 0 aromatic heterocycles. The molecule has 0 unspecified atom stereocenters. The smallest absolute Gasteiger partial charge is 0.144 e. The maximum absolute atomic E-state index is 9.63. The van der Waals surface area contributed by atoms with Gasteiger partial charge >= 0.3 is 0 Å². The summed E-state index contributed by atoms with van der Waals surface area (Å²) in [6.07, 6.45) is 2.32. The van der Waals surface area contributed by atoms with Gasteiger partial charge in [0.1, 0.15) is 9.84 Å². The first-order valence-corrected chi connectivity index (χ1v) is 10.2. The van der Waals surface area contributed by atoms with E-state index in [1.165, 1.54) is 0 Å². The SMILES string of the molecule is CN(C)C.CS(C)(=O)=O.C[P+](C)(C)C. The Morgan fingerprint density at radius 2 is 0.857 bits per heavy atom. The van der Waals surface area contributed by atoms with Gasteiger partial charge in [-0.25, -0.2) is 8.42 Å². The summed E-state index contributed by atoms with van der Waals surface area (Å²) < 4.78 is 19.3. The fourth-order valence-corrected chi connectivity index (χ4v) is 0. The Labute approximate surface area is 91.1 Å². The third-order valence-corrected chi connectivity index (χ3v) is 0. The summed E-state index contributed by atoms with van der Waals surface area (Å²) in [7, 11) is 2.94. The summed E-state index contributed by atoms with van der Waals surface area (Å²) in [5.74, 6) is 0. The topological polar surface area (TPSA) is 37.4 Å². The minimum atomic E-state index is -2.67. The first-order chi connectivity index (χ1) is 5.73. The molecule has 0 spiro atoms. The summed E-state index contributed by atoms with van der Waals surface area (Å²) in [5.41, 5.74) is 0. The van der Waals surface area contributed by atoms with Crippen molar-refractivity contribution in [3.8, 4) is 0 Å². The van der Waals surface area contributed by atoms with Crippen LogP contribution in [0.5, 0.6) is 0 Å². The molecule has 0 saturated heterocycles. The van der Waals surface area contributed by atoms with Crippen molar-refractivity contribution in [1.29, 1.82) is 0 Å². The predicted molar refractivity (Wildman–Crippen MR) is 71.0 cm³/mol. The lowest BCUT2D eigenvalue weighted by Crippen LogP contribution is -1.99. The molecule has 3 nitrogen and oxygen atoms in total. The van der Waals surface area contributed by atoms with Crippen LogP contribution in [0.2, 0.25) is 0 Å². The van der Waals surface area contributed by atoms with E-state index in [-0.39, 0.29) is 7.26 Å². The van der Waals surface area contributed by atoms with Crippen LogP contribution in [0.25, 0.3) is 0 Å². The van der Waals surface area contributed by atoms with Crippen molar-refractivity contribution in [1.82, 2.24) is 4.90 Å². The summed E-state index contributed by atoms with van der Waals surface area (Å²) in [6.45, 7) is 9.19. The lowest BCUT2D eigenvalue weighted by atomic mass is 11.0. The fraction of sp³-hybridized carbons (Fsp3) is 1.00. The summed E-state index contributed by atoms with van der Waals surface area (Å²) >= 11 is 0. The maximum atomic E-state index is 9.63. The Kier molecular flexibility index (Phi) is 12.2. The average Bonchev–Trinajstić information content (AvgIpc) is 1.45. The molecule has 0 saturated carbocycles. The summed E-state index contributed by atoms with van der Waals surface area (Å²) in [6, 6.07) is 0. The van der Waals surface area contributed by atoms with E-state index in [0.717, 1.165) is 12.5 Å². The molecule has 0 aliphatic carbocycles. The molecule has 0 fully saturated rings. The first kappa shape index (κ1) is 19.8. The van der Waals surface area contributed by atoms with Gasteiger partial charge in [0.15, 0.2) is 0 Å². The van der Waals surface area contributed by atoms with Crippen molar-refractivity contribution < 1.29 is 8.42 Å². The standard InChI is InChI=1S/C4H12P.C3H9N.C2H6O2S/c1-5(2,3)4;1-4(2)3;1-5(2,3)4/h1-4H3;1-3H3;1-2H3/q+1;;. The average molecular weight is 244 g/mol. The van der Waals surface area contributed by atoms with Crippen molar-refractivity contribution in [2.75, 3.05) is 60.3 Å². The van der Waals surface area contributed by atoms with Crippen LogP contribution in [-0.4, -0.2) is 73.6 Å². The number of hydrogen-bond acceptors (Lipinski definition) is 3. The first-order valence-electron chi connectivity index (χ1n) is 4.28. The van der Waals surface area contributed by atoms with Gasteiger partial charge < -0.3 is 4.90 Å². The van der Waals surface area contributed by atoms with Crippen LogP contribution in [0.4, 0.5) is 0 Å². The van der Waals surface area contributed by atoms with Gasteiger partial charge in [-0.2, -0.15) is 0 Å². The van der Waals surface area contributed by atoms with Crippen LogP contribution < -0.4 is 0 Å². The highest BCUT2D eigenvalue weighted by molar-refractivity contribution is 7.89. The molecule has 0 aromatic carbocycles. The largest absolute Gasteiger partial charge is 0.312 e. The monoisotopic (exact) mass is 244 g/mol. The molecule has 0 amide bonds. The molecule has 0 aliphatic rings. The molecule has 0 bridgehead atoms. The second kappa shape index (κ2) is 8.63. The van der Waals surface area contributed by atoms with Gasteiger partial charge in [0.25, 0.3) is 0 Å². The summed E-state index contributed by atoms with van der Waals surface area (Å²) in [5, 5.41) is 0. The molecule has 0 heterocycles. The molecule has 0 rings (SSSR count). The Balaban J connectivity index is -0.000000131. The van der Waals surface area contributed by atoms with E-state index in [1.54, 1.807) is 0 Å². The van der Waals surface area contributed by atoms with Gasteiger partial charge in [-0.3, -0.25) is 0 Å². The highest BCUT2D eigenvalue weighted by atomic mass is 32.2. The Hall–Kier alpha value is 0.340. The van der Waals surface area contributed by atoms with Gasteiger partial charge in [-0.15, -0.1) is 0 Å². The van der Waals surface area contributed by atoms with Crippen molar-refractivity contribution in [3.63, 3.8) is 0 Å². The molecule has 0 atom stereocenters. The molecule has 0 aromatic rings. The quantitative estimate of drug-likeness (QED) is 0.604. The molecule has 0 radical (unpaired) electrons. The minimum absolute atomic E-state index is 0.389. The fourth-order valence-electron chi connectivity index (χ4n) is 0. The lowest BCUT2D eigenvalue weighted by molar-refractivity contribution is 0.505. The van der Waals surface area contributed by atoms with Crippen molar-refractivity contribution in [2.24, 2.45) is 0 Å². The van der Waals surface area contributed by atoms with Gasteiger partial charge in [0.05, 0.1) is 0 Å². The molecule has 5 heteroatoms. The van der Waals surface area contributed by atoms with Crippen molar-refractivity contribution >= 4 is 17.1 Å². The van der Waals surface area contributed by atoms with E-state index >= 15 is 0 Å². The van der Waals surface area contributed by atoms with E-state index in [2.05, 4.69) is 26.7 Å². The van der Waals surface area contributed by atoms with Crippen molar-refractivity contribution in [2.45, 2.75) is 0 Å².